The molecule has 3 aromatic carbocycles. The number of para-hydroxylation sites is 1. The molecule has 1 aliphatic rings. The van der Waals surface area contributed by atoms with E-state index >= 15 is 0 Å². The quantitative estimate of drug-likeness (QED) is 0.358. The van der Waals surface area contributed by atoms with E-state index in [2.05, 4.69) is 37.1 Å². The summed E-state index contributed by atoms with van der Waals surface area (Å²) in [6.07, 6.45) is 10.9. The van der Waals surface area contributed by atoms with Crippen LogP contribution in [0.1, 0.15) is 43.7 Å². The summed E-state index contributed by atoms with van der Waals surface area (Å²) in [6, 6.07) is 24.3. The van der Waals surface area contributed by atoms with Crippen molar-refractivity contribution < 1.29 is 14.2 Å². The number of hydrogen-bond acceptors (Lipinski definition) is 3. The van der Waals surface area contributed by atoms with Crippen molar-refractivity contribution in [2.75, 3.05) is 6.79 Å². The van der Waals surface area contributed by atoms with Gasteiger partial charge in [-0.2, -0.15) is 0 Å². The van der Waals surface area contributed by atoms with Gasteiger partial charge < -0.3 is 14.2 Å². The zero-order valence-corrected chi connectivity index (χ0v) is 18.0. The minimum atomic E-state index is -0.298. The average molecular weight is 413 g/mol. The van der Waals surface area contributed by atoms with Gasteiger partial charge in [-0.05, 0) is 73.2 Å². The maximum absolute atomic E-state index is 6.12. The van der Waals surface area contributed by atoms with Gasteiger partial charge in [0.15, 0.2) is 11.5 Å². The number of rotatable bonds is 9. The van der Waals surface area contributed by atoms with Crippen LogP contribution in [0.25, 0.3) is 0 Å². The number of fused-ring (bicyclic) bond motifs is 1. The van der Waals surface area contributed by atoms with E-state index in [1.807, 2.05) is 48.5 Å². The predicted molar refractivity (Wildman–Crippen MR) is 124 cm³/mol. The van der Waals surface area contributed by atoms with Crippen LogP contribution in [0.5, 0.6) is 23.0 Å². The highest BCUT2D eigenvalue weighted by atomic mass is 16.7. The highest BCUT2D eigenvalue weighted by molar-refractivity contribution is 5.48. The Labute approximate surface area is 185 Å². The summed E-state index contributed by atoms with van der Waals surface area (Å²) < 4.78 is 17.0. The Hall–Kier alpha value is -3.38. The van der Waals surface area contributed by atoms with Crippen molar-refractivity contribution in [1.82, 2.24) is 0 Å². The molecule has 4 rings (SSSR count). The van der Waals surface area contributed by atoms with Gasteiger partial charge in [-0.25, -0.2) is 0 Å². The molecule has 0 fully saturated rings. The second-order valence-corrected chi connectivity index (χ2v) is 7.96. The third-order valence-corrected chi connectivity index (χ3v) is 5.82. The van der Waals surface area contributed by atoms with Crippen molar-refractivity contribution in [3.8, 4) is 35.3 Å². The molecule has 31 heavy (non-hydrogen) atoms. The molecular formula is C28H28O3. The molecule has 0 aliphatic carbocycles. The molecule has 1 aliphatic heterocycles. The van der Waals surface area contributed by atoms with E-state index in [0.717, 1.165) is 60.7 Å². The first kappa shape index (κ1) is 20.9. The van der Waals surface area contributed by atoms with Gasteiger partial charge in [0, 0.05) is 0 Å². The number of hydrogen-bond donors (Lipinski definition) is 0. The van der Waals surface area contributed by atoms with Crippen LogP contribution < -0.4 is 14.2 Å². The lowest BCUT2D eigenvalue weighted by atomic mass is 9.73. The van der Waals surface area contributed by atoms with Gasteiger partial charge >= 0.3 is 0 Å². The van der Waals surface area contributed by atoms with Crippen LogP contribution in [-0.4, -0.2) is 6.79 Å². The van der Waals surface area contributed by atoms with Crippen molar-refractivity contribution in [3.05, 3.63) is 83.9 Å². The van der Waals surface area contributed by atoms with Gasteiger partial charge in [0.25, 0.3) is 0 Å². The summed E-state index contributed by atoms with van der Waals surface area (Å²) in [7, 11) is 0. The van der Waals surface area contributed by atoms with Gasteiger partial charge in [-0.1, -0.05) is 55.7 Å². The van der Waals surface area contributed by atoms with Gasteiger partial charge in [-0.3, -0.25) is 0 Å². The van der Waals surface area contributed by atoms with E-state index < -0.39 is 0 Å². The normalized spacial score (nSPS) is 13.9. The van der Waals surface area contributed by atoms with Crippen LogP contribution in [0, 0.1) is 12.3 Å². The van der Waals surface area contributed by atoms with E-state index in [1.54, 1.807) is 0 Å². The maximum Gasteiger partial charge on any atom is 0.231 e. The Morgan fingerprint density at radius 3 is 2.52 bits per heavy atom. The summed E-state index contributed by atoms with van der Waals surface area (Å²) in [5.41, 5.74) is 2.09. The average Bonchev–Trinajstić information content (AvgIpc) is 3.27. The fourth-order valence-corrected chi connectivity index (χ4v) is 4.25. The predicted octanol–water partition coefficient (Wildman–Crippen LogP) is 6.90. The van der Waals surface area contributed by atoms with Crippen LogP contribution in [0.15, 0.2) is 72.8 Å². The second-order valence-electron chi connectivity index (χ2n) is 7.96. The maximum atomic E-state index is 6.12. The molecule has 3 aromatic rings. The topological polar surface area (TPSA) is 27.7 Å². The lowest BCUT2D eigenvalue weighted by Gasteiger charge is -2.29. The molecule has 0 saturated heterocycles. The van der Waals surface area contributed by atoms with Crippen molar-refractivity contribution in [2.45, 2.75) is 44.4 Å². The van der Waals surface area contributed by atoms with Crippen LogP contribution in [0.4, 0.5) is 0 Å². The van der Waals surface area contributed by atoms with E-state index in [-0.39, 0.29) is 12.2 Å². The van der Waals surface area contributed by atoms with Gasteiger partial charge in [0.2, 0.25) is 6.79 Å². The monoisotopic (exact) mass is 412 g/mol. The van der Waals surface area contributed by atoms with E-state index in [0.29, 0.717) is 0 Å². The van der Waals surface area contributed by atoms with Crippen LogP contribution in [0.2, 0.25) is 0 Å². The Kier molecular flexibility index (Phi) is 6.48. The molecule has 0 saturated carbocycles. The first-order valence-corrected chi connectivity index (χ1v) is 10.9. The van der Waals surface area contributed by atoms with Gasteiger partial charge in [-0.15, -0.1) is 6.42 Å². The third-order valence-electron chi connectivity index (χ3n) is 5.82. The molecule has 0 spiro atoms. The van der Waals surface area contributed by atoms with E-state index in [1.165, 1.54) is 5.56 Å². The standard InChI is InChI=1S/C28H28O3/c1-3-17-28(4-2,23-15-16-26-27(20-23)30-21-29-26)18-9-11-22-10-8-14-25(19-22)31-24-12-6-5-7-13-24/h2,5-8,10,12-16,19-20H,3,9,11,17-18,21H2,1H3. The highest BCUT2D eigenvalue weighted by Crippen LogP contribution is 2.40. The number of terminal acetylenes is 1. The number of ether oxygens (including phenoxy) is 3. The van der Waals surface area contributed by atoms with Crippen molar-refractivity contribution in [2.24, 2.45) is 0 Å². The lowest BCUT2D eigenvalue weighted by molar-refractivity contribution is 0.174. The Balaban J connectivity index is 1.45. The first-order chi connectivity index (χ1) is 15.2. The Morgan fingerprint density at radius 1 is 0.903 bits per heavy atom. The molecule has 0 N–H and O–H groups in total. The van der Waals surface area contributed by atoms with Crippen molar-refractivity contribution in [3.63, 3.8) is 0 Å². The van der Waals surface area contributed by atoms with Gasteiger partial charge in [0.1, 0.15) is 11.5 Å². The smallest absolute Gasteiger partial charge is 0.231 e. The summed E-state index contributed by atoms with van der Waals surface area (Å²) >= 11 is 0. The fourth-order valence-electron chi connectivity index (χ4n) is 4.25. The zero-order chi connectivity index (χ0) is 21.5. The molecule has 0 radical (unpaired) electrons. The molecular weight excluding hydrogens is 384 g/mol. The fraction of sp³-hybridized carbons (Fsp3) is 0.286. The van der Waals surface area contributed by atoms with Crippen molar-refractivity contribution >= 4 is 0 Å². The highest BCUT2D eigenvalue weighted by Gasteiger charge is 2.30. The second kappa shape index (κ2) is 9.62. The zero-order valence-electron chi connectivity index (χ0n) is 18.0. The molecule has 1 heterocycles. The lowest BCUT2D eigenvalue weighted by Crippen LogP contribution is -2.24. The molecule has 1 unspecified atom stereocenters. The molecule has 3 heteroatoms. The van der Waals surface area contributed by atoms with Crippen LogP contribution >= 0.6 is 0 Å². The third kappa shape index (κ3) is 4.86. The summed E-state index contributed by atoms with van der Waals surface area (Å²) in [5.74, 6) is 6.42. The minimum Gasteiger partial charge on any atom is -0.457 e. The molecule has 0 aromatic heterocycles. The molecule has 158 valence electrons. The van der Waals surface area contributed by atoms with Crippen molar-refractivity contribution in [1.29, 1.82) is 0 Å². The first-order valence-electron chi connectivity index (χ1n) is 10.9. The van der Waals surface area contributed by atoms with Crippen LogP contribution in [0.3, 0.4) is 0 Å². The van der Waals surface area contributed by atoms with E-state index in [4.69, 9.17) is 20.6 Å². The van der Waals surface area contributed by atoms with Crippen LogP contribution in [-0.2, 0) is 11.8 Å². The SMILES string of the molecule is C#CC(CCC)(CCCc1cccc(Oc2ccccc2)c1)c1ccc2c(c1)OCO2. The largest absolute Gasteiger partial charge is 0.457 e. The molecule has 0 bridgehead atoms. The number of aryl methyl sites for hydroxylation is 1. The van der Waals surface area contributed by atoms with Gasteiger partial charge in [0.05, 0.1) is 5.41 Å². The molecule has 1 atom stereocenters. The number of benzene rings is 3. The molecule has 3 nitrogen and oxygen atoms in total. The summed E-state index contributed by atoms with van der Waals surface area (Å²) in [6.45, 7) is 2.46. The Bertz CT molecular complexity index is 1050. The Morgan fingerprint density at radius 2 is 1.71 bits per heavy atom. The molecule has 0 amide bonds. The summed E-state index contributed by atoms with van der Waals surface area (Å²) in [4.78, 5) is 0. The van der Waals surface area contributed by atoms with E-state index in [9.17, 15) is 0 Å². The minimum absolute atomic E-state index is 0.275. The summed E-state index contributed by atoms with van der Waals surface area (Å²) in [5, 5.41) is 0.